The van der Waals surface area contributed by atoms with Crippen LogP contribution in [0.1, 0.15) is 32.8 Å². The molecular formula is C25H35N5O9S. The first kappa shape index (κ1) is 29.7. The summed E-state index contributed by atoms with van der Waals surface area (Å²) in [7, 11) is -0.243. The maximum Gasteiger partial charge on any atom is 0.311 e. The molecule has 2 aliphatic heterocycles. The van der Waals surface area contributed by atoms with Crippen LogP contribution in [0.25, 0.3) is 0 Å². The fraction of sp³-hybridized carbons (Fsp3) is 0.640. The van der Waals surface area contributed by atoms with Crippen LogP contribution in [0.15, 0.2) is 12.1 Å². The fourth-order valence-electron chi connectivity index (χ4n) is 5.92. The maximum atomic E-state index is 13.5. The minimum atomic E-state index is -4.16. The van der Waals surface area contributed by atoms with Gasteiger partial charge in [0.2, 0.25) is 23.5 Å². The molecule has 0 aromatic heterocycles. The standard InChI is InChI=1S/C25H35N5O9S/c1-13-14(2)22(13)25(33)29-17-7-8-28(23(17)15(3)24(29)32)40(36,37)27(4)12-21(31)26-11-16-9-18(30(34)35)20(39-6)10-19(16)38-5/h9-10,13-15,17,22-23H,7-8,11-12H2,1-6H3,(H,26,31)/t13-,14+,15-,17-,22?,23+/m0/s1. The molecule has 1 unspecified atom stereocenters. The van der Waals surface area contributed by atoms with Crippen LogP contribution in [0.3, 0.4) is 0 Å². The van der Waals surface area contributed by atoms with Crippen LogP contribution < -0.4 is 14.8 Å². The molecule has 0 bridgehead atoms. The molecule has 2 saturated heterocycles. The summed E-state index contributed by atoms with van der Waals surface area (Å²) in [5.41, 5.74) is -0.00668. The van der Waals surface area contributed by atoms with Crippen LogP contribution in [-0.4, -0.2) is 91.0 Å². The van der Waals surface area contributed by atoms with Gasteiger partial charge in [0.25, 0.3) is 10.2 Å². The van der Waals surface area contributed by atoms with Crippen molar-refractivity contribution in [2.24, 2.45) is 23.7 Å². The number of carbonyl (C=O) groups is 3. The van der Waals surface area contributed by atoms with E-state index in [-0.39, 0.29) is 59.8 Å². The molecule has 3 fully saturated rings. The van der Waals surface area contributed by atoms with E-state index in [0.717, 1.165) is 4.31 Å². The number of likely N-dealkylation sites (N-methyl/N-ethyl adjacent to an activating group) is 1. The number of nitrogens with one attached hydrogen (secondary N) is 1. The van der Waals surface area contributed by atoms with E-state index in [2.05, 4.69) is 5.32 Å². The predicted octanol–water partition coefficient (Wildman–Crippen LogP) is 0.755. The first-order chi connectivity index (χ1) is 18.8. The molecule has 3 amide bonds. The molecular weight excluding hydrogens is 546 g/mol. The Kier molecular flexibility index (Phi) is 8.11. The van der Waals surface area contributed by atoms with Crippen molar-refractivity contribution in [3.05, 3.63) is 27.8 Å². The summed E-state index contributed by atoms with van der Waals surface area (Å²) in [5.74, 6) is -1.55. The Hall–Kier alpha value is -3.30. The van der Waals surface area contributed by atoms with E-state index in [9.17, 15) is 32.9 Å². The zero-order chi connectivity index (χ0) is 29.7. The highest BCUT2D eigenvalue weighted by atomic mass is 32.2. The molecule has 1 aliphatic carbocycles. The average molecular weight is 582 g/mol. The zero-order valence-electron chi connectivity index (χ0n) is 23.3. The molecule has 0 radical (unpaired) electrons. The summed E-state index contributed by atoms with van der Waals surface area (Å²) in [6.07, 6.45) is 0.331. The quantitative estimate of drug-likeness (QED) is 0.238. The number of fused-ring (bicyclic) bond motifs is 1. The number of nitrogens with zero attached hydrogens (tertiary/aromatic N) is 4. The zero-order valence-corrected chi connectivity index (χ0v) is 24.1. The monoisotopic (exact) mass is 581 g/mol. The summed E-state index contributed by atoms with van der Waals surface area (Å²) in [4.78, 5) is 50.9. The molecule has 14 nitrogen and oxygen atoms in total. The Morgan fingerprint density at radius 3 is 2.33 bits per heavy atom. The lowest BCUT2D eigenvalue weighted by Gasteiger charge is -2.29. The van der Waals surface area contributed by atoms with Gasteiger partial charge in [-0.2, -0.15) is 17.0 Å². The summed E-state index contributed by atoms with van der Waals surface area (Å²) in [6, 6.07) is 1.31. The number of amides is 3. The van der Waals surface area contributed by atoms with Gasteiger partial charge in [-0.3, -0.25) is 29.4 Å². The Bertz CT molecular complexity index is 1330. The number of rotatable bonds is 10. The van der Waals surface area contributed by atoms with Crippen molar-refractivity contribution in [1.82, 2.24) is 18.8 Å². The number of carbonyl (C=O) groups excluding carboxylic acids is 3. The van der Waals surface area contributed by atoms with E-state index in [1.165, 1.54) is 42.6 Å². The van der Waals surface area contributed by atoms with Crippen LogP contribution in [0.5, 0.6) is 11.5 Å². The lowest BCUT2D eigenvalue weighted by molar-refractivity contribution is -0.385. The number of imide groups is 1. The fourth-order valence-corrected chi connectivity index (χ4v) is 7.52. The van der Waals surface area contributed by atoms with Crippen molar-refractivity contribution in [2.75, 3.05) is 34.4 Å². The Balaban J connectivity index is 1.43. The van der Waals surface area contributed by atoms with E-state index >= 15 is 0 Å². The van der Waals surface area contributed by atoms with Crippen LogP contribution in [0, 0.1) is 33.8 Å². The molecule has 2 heterocycles. The van der Waals surface area contributed by atoms with Gasteiger partial charge in [0.1, 0.15) is 5.75 Å². The van der Waals surface area contributed by atoms with Crippen LogP contribution >= 0.6 is 0 Å². The summed E-state index contributed by atoms with van der Waals surface area (Å²) in [5, 5.41) is 13.9. The lowest BCUT2D eigenvalue weighted by atomic mass is 10.0. The third-order valence-electron chi connectivity index (χ3n) is 8.50. The van der Waals surface area contributed by atoms with Gasteiger partial charge in [-0.05, 0) is 18.3 Å². The van der Waals surface area contributed by atoms with Gasteiger partial charge in [0, 0.05) is 43.8 Å². The predicted molar refractivity (Wildman–Crippen MR) is 141 cm³/mol. The number of nitro benzene ring substituents is 1. The molecule has 6 atom stereocenters. The molecule has 15 heteroatoms. The topological polar surface area (TPSA) is 169 Å². The van der Waals surface area contributed by atoms with Crippen molar-refractivity contribution in [2.45, 2.75) is 45.8 Å². The SMILES string of the molecule is COc1cc(OC)c([N+](=O)[O-])cc1CNC(=O)CN(C)S(=O)(=O)N1CC[C@H]2[C@H]1[C@H](C)C(=O)N2C(=O)C1[C@@H](C)[C@H]1C. The molecule has 1 aromatic rings. The minimum absolute atomic E-state index is 0.00675. The molecule has 1 N–H and O–H groups in total. The van der Waals surface area contributed by atoms with Gasteiger partial charge in [-0.1, -0.05) is 20.8 Å². The third-order valence-corrected chi connectivity index (χ3v) is 10.4. The summed E-state index contributed by atoms with van der Waals surface area (Å²) in [6.45, 7) is 5.00. The van der Waals surface area contributed by atoms with E-state index in [1.54, 1.807) is 6.92 Å². The Labute approximate surface area is 232 Å². The summed E-state index contributed by atoms with van der Waals surface area (Å²) < 4.78 is 39.4. The second-order valence-corrected chi connectivity index (χ2v) is 12.7. The average Bonchev–Trinajstić information content (AvgIpc) is 3.21. The number of methoxy groups -OCH3 is 2. The highest BCUT2D eigenvalue weighted by Gasteiger charge is 2.60. The molecule has 220 valence electrons. The normalized spacial score (nSPS) is 28.0. The molecule has 3 aliphatic rings. The highest BCUT2D eigenvalue weighted by molar-refractivity contribution is 7.86. The van der Waals surface area contributed by atoms with Crippen molar-refractivity contribution in [1.29, 1.82) is 0 Å². The molecule has 40 heavy (non-hydrogen) atoms. The van der Waals surface area contributed by atoms with Crippen molar-refractivity contribution in [3.8, 4) is 11.5 Å². The molecule has 0 spiro atoms. The van der Waals surface area contributed by atoms with Gasteiger partial charge in [0.05, 0.1) is 43.7 Å². The summed E-state index contributed by atoms with van der Waals surface area (Å²) >= 11 is 0. The van der Waals surface area contributed by atoms with E-state index in [0.29, 0.717) is 12.0 Å². The Morgan fingerprint density at radius 1 is 1.15 bits per heavy atom. The highest BCUT2D eigenvalue weighted by Crippen LogP contribution is 2.49. The van der Waals surface area contributed by atoms with Gasteiger partial charge in [-0.25, -0.2) is 0 Å². The lowest BCUT2D eigenvalue weighted by Crippen LogP contribution is -2.50. The number of hydrogen-bond acceptors (Lipinski definition) is 9. The number of likely N-dealkylation sites (tertiary alicyclic amines) is 1. The first-order valence-electron chi connectivity index (χ1n) is 13.0. The second-order valence-electron chi connectivity index (χ2n) is 10.7. The van der Waals surface area contributed by atoms with Crippen LogP contribution in [-0.2, 0) is 31.1 Å². The maximum absolute atomic E-state index is 13.5. The molecule has 1 aromatic carbocycles. The Morgan fingerprint density at radius 2 is 1.77 bits per heavy atom. The van der Waals surface area contributed by atoms with Gasteiger partial charge >= 0.3 is 5.69 Å². The van der Waals surface area contributed by atoms with Crippen molar-refractivity contribution in [3.63, 3.8) is 0 Å². The number of hydrogen-bond donors (Lipinski definition) is 1. The molecule has 1 saturated carbocycles. The van der Waals surface area contributed by atoms with Crippen LogP contribution in [0.4, 0.5) is 5.69 Å². The van der Waals surface area contributed by atoms with E-state index < -0.39 is 45.6 Å². The number of ether oxygens (including phenoxy) is 2. The van der Waals surface area contributed by atoms with E-state index in [1.807, 2.05) is 13.8 Å². The largest absolute Gasteiger partial charge is 0.496 e. The number of benzene rings is 1. The number of nitro groups is 1. The van der Waals surface area contributed by atoms with Gasteiger partial charge in [0.15, 0.2) is 0 Å². The minimum Gasteiger partial charge on any atom is -0.496 e. The second kappa shape index (κ2) is 10.9. The van der Waals surface area contributed by atoms with Crippen LogP contribution in [0.2, 0.25) is 0 Å². The van der Waals surface area contributed by atoms with E-state index in [4.69, 9.17) is 9.47 Å². The first-order valence-corrected chi connectivity index (χ1v) is 14.4. The smallest absolute Gasteiger partial charge is 0.311 e. The van der Waals surface area contributed by atoms with Crippen molar-refractivity contribution < 1.29 is 37.2 Å². The van der Waals surface area contributed by atoms with Crippen molar-refractivity contribution >= 4 is 33.6 Å². The molecule has 4 rings (SSSR count). The van der Waals surface area contributed by atoms with Gasteiger partial charge < -0.3 is 14.8 Å². The third kappa shape index (κ3) is 5.01. The van der Waals surface area contributed by atoms with Gasteiger partial charge in [-0.15, -0.1) is 0 Å².